The van der Waals surface area contributed by atoms with E-state index in [2.05, 4.69) is 15.6 Å². The average molecular weight is 634 g/mol. The number of anilines is 2. The number of thiazole rings is 1. The number of amides is 2. The van der Waals surface area contributed by atoms with Crippen molar-refractivity contribution >= 4 is 72.7 Å². The van der Waals surface area contributed by atoms with Crippen LogP contribution >= 0.6 is 23.1 Å². The van der Waals surface area contributed by atoms with Crippen molar-refractivity contribution in [2.75, 3.05) is 17.2 Å². The summed E-state index contributed by atoms with van der Waals surface area (Å²) in [7, 11) is 0. The lowest BCUT2D eigenvalue weighted by atomic mass is 9.98. The van der Waals surface area contributed by atoms with Crippen LogP contribution in [0, 0.1) is 0 Å². The average Bonchev–Trinajstić information content (AvgIpc) is 3.45. The number of thioether (sulfide) groups is 1. The lowest BCUT2D eigenvalue weighted by Gasteiger charge is -2.17. The molecule has 0 saturated heterocycles. The van der Waals surface area contributed by atoms with E-state index in [4.69, 9.17) is 4.74 Å². The Morgan fingerprint density at radius 2 is 1.62 bits per heavy atom. The van der Waals surface area contributed by atoms with Crippen molar-refractivity contribution in [2.45, 2.75) is 17.1 Å². The summed E-state index contributed by atoms with van der Waals surface area (Å²) in [5.74, 6) is -1.02. The Hall–Kier alpha value is -5.19. The maximum absolute atomic E-state index is 13.7. The minimum Gasteiger partial charge on any atom is -0.494 e. The number of ether oxygens (including phenoxy) is 1. The van der Waals surface area contributed by atoms with Crippen LogP contribution in [-0.4, -0.2) is 34.5 Å². The number of fused-ring (bicyclic) bond motifs is 2. The number of carbonyl (C=O) groups is 3. The molecule has 2 amide bonds. The van der Waals surface area contributed by atoms with Gasteiger partial charge in [0.15, 0.2) is 5.13 Å². The van der Waals surface area contributed by atoms with Crippen LogP contribution in [0.5, 0.6) is 5.75 Å². The summed E-state index contributed by atoms with van der Waals surface area (Å²) >= 11 is 2.73. The van der Waals surface area contributed by atoms with Crippen LogP contribution in [0.3, 0.4) is 0 Å². The van der Waals surface area contributed by atoms with E-state index in [-0.39, 0.29) is 17.0 Å². The van der Waals surface area contributed by atoms with Crippen molar-refractivity contribution in [1.29, 1.82) is 0 Å². The number of nitrogens with zero attached hydrogens (tertiary/aromatic N) is 1. The topological polar surface area (TPSA) is 118 Å². The predicted molar refractivity (Wildman–Crippen MR) is 180 cm³/mol. The van der Waals surface area contributed by atoms with Gasteiger partial charge >= 0.3 is 5.97 Å². The highest BCUT2D eigenvalue weighted by Crippen LogP contribution is 2.38. The molecule has 1 atom stereocenters. The first-order valence-electron chi connectivity index (χ1n) is 14.1. The third-order valence-corrected chi connectivity index (χ3v) is 9.15. The second-order valence-electron chi connectivity index (χ2n) is 9.98. The molecule has 45 heavy (non-hydrogen) atoms. The Kier molecular flexibility index (Phi) is 8.77. The minimum absolute atomic E-state index is 0.0575. The molecule has 0 radical (unpaired) electrons. The zero-order valence-corrected chi connectivity index (χ0v) is 25.7. The standard InChI is InChI=1S/C35H27N3O5S2/c1-2-43-24-17-18-28-29(20-24)45-35(37-28)38-33(40)31(22-9-4-3-5-10-22)44-25-14-8-13-23(19-25)36-32(39)26-15-6-11-21-12-7-16-27(30(21)26)34(41)42/h3-20,31H,2H2,1H3,(H,36,39)(H,41,42)(H,37,38,40). The summed E-state index contributed by atoms with van der Waals surface area (Å²) in [4.78, 5) is 44.4. The Balaban J connectivity index is 1.24. The third-order valence-electron chi connectivity index (χ3n) is 6.97. The van der Waals surface area contributed by atoms with Gasteiger partial charge in [-0.2, -0.15) is 0 Å². The largest absolute Gasteiger partial charge is 0.494 e. The first kappa shape index (κ1) is 29.9. The van der Waals surface area contributed by atoms with E-state index in [1.807, 2.05) is 61.5 Å². The highest BCUT2D eigenvalue weighted by atomic mass is 32.2. The molecule has 3 N–H and O–H groups in total. The number of aromatic carboxylic acids is 1. The van der Waals surface area contributed by atoms with Gasteiger partial charge in [-0.15, -0.1) is 11.8 Å². The summed E-state index contributed by atoms with van der Waals surface area (Å²) in [5, 5.41) is 16.5. The van der Waals surface area contributed by atoms with Crippen molar-refractivity contribution in [2.24, 2.45) is 0 Å². The van der Waals surface area contributed by atoms with Crippen LogP contribution in [-0.2, 0) is 4.79 Å². The van der Waals surface area contributed by atoms with Gasteiger partial charge in [-0.25, -0.2) is 9.78 Å². The summed E-state index contributed by atoms with van der Waals surface area (Å²) in [6, 6.07) is 32.3. The summed E-state index contributed by atoms with van der Waals surface area (Å²) in [6.45, 7) is 2.49. The molecule has 1 unspecified atom stereocenters. The highest BCUT2D eigenvalue weighted by Gasteiger charge is 2.24. The Morgan fingerprint density at radius 1 is 0.867 bits per heavy atom. The normalized spacial score (nSPS) is 11.7. The lowest BCUT2D eigenvalue weighted by Crippen LogP contribution is -2.19. The molecule has 1 aromatic heterocycles. The van der Waals surface area contributed by atoms with Gasteiger partial charge in [0.2, 0.25) is 5.91 Å². The van der Waals surface area contributed by atoms with Crippen molar-refractivity contribution in [3.8, 4) is 5.75 Å². The van der Waals surface area contributed by atoms with Gasteiger partial charge in [0, 0.05) is 21.5 Å². The van der Waals surface area contributed by atoms with Crippen LogP contribution in [0.15, 0.2) is 114 Å². The SMILES string of the molecule is CCOc1ccc2nc(NC(=O)C(Sc3cccc(NC(=O)c4cccc5cccc(C(=O)O)c45)c3)c3ccccc3)sc2c1. The fourth-order valence-electron chi connectivity index (χ4n) is 4.98. The molecule has 5 aromatic carbocycles. The number of nitrogens with one attached hydrogen (secondary N) is 2. The van der Waals surface area contributed by atoms with Crippen LogP contribution in [0.2, 0.25) is 0 Å². The molecule has 0 bridgehead atoms. The zero-order valence-electron chi connectivity index (χ0n) is 24.0. The number of hydrogen-bond acceptors (Lipinski definition) is 7. The molecule has 0 saturated carbocycles. The molecule has 8 nitrogen and oxygen atoms in total. The Labute approximate surface area is 267 Å². The number of hydrogen-bond donors (Lipinski definition) is 3. The number of carboxylic acids is 1. The smallest absolute Gasteiger partial charge is 0.336 e. The molecule has 0 aliphatic rings. The van der Waals surface area contributed by atoms with E-state index in [0.29, 0.717) is 28.2 Å². The molecule has 6 aromatic rings. The molecule has 0 spiro atoms. The van der Waals surface area contributed by atoms with E-state index in [9.17, 15) is 19.5 Å². The Bertz CT molecular complexity index is 2040. The molecule has 0 fully saturated rings. The molecule has 224 valence electrons. The molecule has 6 rings (SSSR count). The second kappa shape index (κ2) is 13.2. The van der Waals surface area contributed by atoms with Gasteiger partial charge in [0.1, 0.15) is 11.0 Å². The molecule has 10 heteroatoms. The highest BCUT2D eigenvalue weighted by molar-refractivity contribution is 8.00. The van der Waals surface area contributed by atoms with Crippen molar-refractivity contribution in [3.05, 3.63) is 126 Å². The third kappa shape index (κ3) is 6.67. The molecular formula is C35H27N3O5S2. The van der Waals surface area contributed by atoms with Crippen LogP contribution in [0.25, 0.3) is 21.0 Å². The van der Waals surface area contributed by atoms with Gasteiger partial charge in [-0.1, -0.05) is 72.0 Å². The summed E-state index contributed by atoms with van der Waals surface area (Å²) < 4.78 is 6.51. The van der Waals surface area contributed by atoms with Crippen LogP contribution in [0.4, 0.5) is 10.8 Å². The van der Waals surface area contributed by atoms with E-state index in [1.54, 1.807) is 48.5 Å². The van der Waals surface area contributed by atoms with Crippen molar-refractivity contribution in [3.63, 3.8) is 0 Å². The number of aromatic nitrogens is 1. The number of carboxylic acid groups (broad SMARTS) is 1. The van der Waals surface area contributed by atoms with Crippen LogP contribution < -0.4 is 15.4 Å². The molecule has 1 heterocycles. The number of benzene rings is 5. The van der Waals surface area contributed by atoms with E-state index < -0.39 is 17.1 Å². The van der Waals surface area contributed by atoms with Crippen molar-refractivity contribution < 1.29 is 24.2 Å². The maximum Gasteiger partial charge on any atom is 0.336 e. The summed E-state index contributed by atoms with van der Waals surface area (Å²) in [5.41, 5.74) is 2.41. The van der Waals surface area contributed by atoms with Gasteiger partial charge < -0.3 is 20.5 Å². The summed E-state index contributed by atoms with van der Waals surface area (Å²) in [6.07, 6.45) is 0. The zero-order chi connectivity index (χ0) is 31.3. The van der Waals surface area contributed by atoms with E-state index in [1.165, 1.54) is 29.2 Å². The first-order valence-corrected chi connectivity index (χ1v) is 15.8. The number of rotatable bonds is 10. The maximum atomic E-state index is 13.7. The minimum atomic E-state index is -1.11. The van der Waals surface area contributed by atoms with Gasteiger partial charge in [0.05, 0.1) is 22.4 Å². The monoisotopic (exact) mass is 633 g/mol. The van der Waals surface area contributed by atoms with Crippen molar-refractivity contribution in [1.82, 2.24) is 4.98 Å². The van der Waals surface area contributed by atoms with E-state index >= 15 is 0 Å². The molecule has 0 aliphatic carbocycles. The molecule has 0 aliphatic heterocycles. The quantitative estimate of drug-likeness (QED) is 0.130. The van der Waals surface area contributed by atoms with Gasteiger partial charge in [0.25, 0.3) is 5.91 Å². The van der Waals surface area contributed by atoms with E-state index in [0.717, 1.165) is 26.4 Å². The molecular weight excluding hydrogens is 607 g/mol. The lowest BCUT2D eigenvalue weighted by molar-refractivity contribution is -0.115. The van der Waals surface area contributed by atoms with Gasteiger partial charge in [-0.3, -0.25) is 9.59 Å². The number of carbonyl (C=O) groups excluding carboxylic acids is 2. The second-order valence-corrected chi connectivity index (χ2v) is 12.2. The fourth-order valence-corrected chi connectivity index (χ4v) is 6.96. The first-order chi connectivity index (χ1) is 21.9. The Morgan fingerprint density at radius 3 is 2.38 bits per heavy atom. The predicted octanol–water partition coefficient (Wildman–Crippen LogP) is 8.27. The van der Waals surface area contributed by atoms with Gasteiger partial charge in [-0.05, 0) is 66.4 Å². The fraction of sp³-hybridized carbons (Fsp3) is 0.0857. The van der Waals surface area contributed by atoms with Crippen LogP contribution in [0.1, 0.15) is 38.5 Å².